The highest BCUT2D eigenvalue weighted by atomic mass is 32.2. The van der Waals surface area contributed by atoms with Gasteiger partial charge in [-0.3, -0.25) is 4.79 Å². The first kappa shape index (κ1) is 17.0. The number of aryl methyl sites for hydroxylation is 2. The molecule has 1 heterocycles. The van der Waals surface area contributed by atoms with Gasteiger partial charge in [0, 0.05) is 11.5 Å². The van der Waals surface area contributed by atoms with Crippen LogP contribution in [-0.4, -0.2) is 16.0 Å². The maximum Gasteiger partial charge on any atom is 0.277 e. The number of benzene rings is 2. The summed E-state index contributed by atoms with van der Waals surface area (Å²) in [4.78, 5) is 13.2. The molecule has 2 aromatic carbocycles. The fourth-order valence-electron chi connectivity index (χ4n) is 2.75. The Balaban J connectivity index is 1.64. The van der Waals surface area contributed by atoms with Crippen LogP contribution in [0.15, 0.2) is 58.2 Å². The maximum atomic E-state index is 13.2. The standard InChI is InChI=1S/C21H20N2O2S/c1-13-3-7-15(8-4-13)18(24)19(16-9-5-14(2)6-10-16)26-21-23-22-20(25-21)17-11-12-17/h3-10,17,19H,11-12H2,1-2H3. The molecule has 0 amide bonds. The number of thioether (sulfide) groups is 1. The monoisotopic (exact) mass is 364 g/mol. The van der Waals surface area contributed by atoms with Crippen molar-refractivity contribution < 1.29 is 9.21 Å². The largest absolute Gasteiger partial charge is 0.416 e. The van der Waals surface area contributed by atoms with E-state index in [4.69, 9.17) is 4.42 Å². The molecule has 1 saturated carbocycles. The number of hydrogen-bond acceptors (Lipinski definition) is 5. The Kier molecular flexibility index (Phi) is 4.64. The number of nitrogens with zero attached hydrogens (tertiary/aromatic N) is 2. The minimum absolute atomic E-state index is 0.0463. The minimum atomic E-state index is -0.411. The summed E-state index contributed by atoms with van der Waals surface area (Å²) >= 11 is 1.33. The molecule has 4 rings (SSSR count). The number of carbonyl (C=O) groups excluding carboxylic acids is 1. The van der Waals surface area contributed by atoms with Crippen LogP contribution in [0.3, 0.4) is 0 Å². The molecule has 1 atom stereocenters. The first-order chi connectivity index (χ1) is 12.6. The van der Waals surface area contributed by atoms with E-state index in [9.17, 15) is 4.79 Å². The van der Waals surface area contributed by atoms with Crippen LogP contribution >= 0.6 is 11.8 Å². The molecule has 0 aliphatic heterocycles. The van der Waals surface area contributed by atoms with E-state index in [2.05, 4.69) is 10.2 Å². The quantitative estimate of drug-likeness (QED) is 0.440. The minimum Gasteiger partial charge on any atom is -0.416 e. The van der Waals surface area contributed by atoms with E-state index in [0.717, 1.165) is 29.5 Å². The van der Waals surface area contributed by atoms with Gasteiger partial charge in [0.05, 0.1) is 0 Å². The smallest absolute Gasteiger partial charge is 0.277 e. The van der Waals surface area contributed by atoms with E-state index in [-0.39, 0.29) is 5.78 Å². The summed E-state index contributed by atoms with van der Waals surface area (Å²) in [6.45, 7) is 4.05. The van der Waals surface area contributed by atoms with Gasteiger partial charge in [0.25, 0.3) is 5.22 Å². The van der Waals surface area contributed by atoms with Crippen LogP contribution in [0, 0.1) is 13.8 Å². The summed E-state index contributed by atoms with van der Waals surface area (Å²) in [6.07, 6.45) is 2.21. The molecule has 1 aromatic heterocycles. The molecule has 3 aromatic rings. The molecule has 1 fully saturated rings. The Labute approximate surface area is 157 Å². The van der Waals surface area contributed by atoms with Crippen LogP contribution in [0.2, 0.25) is 0 Å². The molecule has 26 heavy (non-hydrogen) atoms. The number of Topliss-reactive ketones (excluding diaryl/α,β-unsaturated/α-hetero) is 1. The van der Waals surface area contributed by atoms with Crippen LogP contribution in [0.1, 0.15) is 56.9 Å². The lowest BCUT2D eigenvalue weighted by Gasteiger charge is -2.14. The molecule has 0 bridgehead atoms. The van der Waals surface area contributed by atoms with Crippen molar-refractivity contribution in [1.82, 2.24) is 10.2 Å². The lowest BCUT2D eigenvalue weighted by atomic mass is 10.0. The van der Waals surface area contributed by atoms with E-state index in [1.54, 1.807) is 0 Å². The van der Waals surface area contributed by atoms with Crippen LogP contribution < -0.4 is 0 Å². The van der Waals surface area contributed by atoms with Crippen LogP contribution in [0.4, 0.5) is 0 Å². The third-order valence-electron chi connectivity index (χ3n) is 4.52. The molecule has 1 unspecified atom stereocenters. The molecule has 1 aliphatic rings. The van der Waals surface area contributed by atoms with Crippen LogP contribution in [0.25, 0.3) is 0 Å². The molecule has 0 spiro atoms. The lowest BCUT2D eigenvalue weighted by molar-refractivity contribution is 0.0989. The normalized spacial score (nSPS) is 15.0. The highest BCUT2D eigenvalue weighted by molar-refractivity contribution is 8.00. The van der Waals surface area contributed by atoms with Crippen molar-refractivity contribution in [2.75, 3.05) is 0 Å². The van der Waals surface area contributed by atoms with Crippen LogP contribution in [0.5, 0.6) is 0 Å². The average Bonchev–Trinajstić information content (AvgIpc) is 3.40. The highest BCUT2D eigenvalue weighted by Gasteiger charge is 2.31. The van der Waals surface area contributed by atoms with Crippen molar-refractivity contribution in [2.45, 2.75) is 43.1 Å². The fraction of sp³-hybridized carbons (Fsp3) is 0.286. The summed E-state index contributed by atoms with van der Waals surface area (Å²) in [5.41, 5.74) is 3.93. The van der Waals surface area contributed by atoms with Gasteiger partial charge in [-0.1, -0.05) is 59.7 Å². The summed E-state index contributed by atoms with van der Waals surface area (Å²) in [7, 11) is 0. The van der Waals surface area contributed by atoms with E-state index < -0.39 is 5.25 Å². The fourth-order valence-corrected chi connectivity index (χ4v) is 3.71. The van der Waals surface area contributed by atoms with Crippen molar-refractivity contribution in [1.29, 1.82) is 0 Å². The molecular weight excluding hydrogens is 344 g/mol. The zero-order valence-corrected chi connectivity index (χ0v) is 15.6. The van der Waals surface area contributed by atoms with Gasteiger partial charge in [0.1, 0.15) is 5.25 Å². The zero-order chi connectivity index (χ0) is 18.1. The number of hydrogen-bond donors (Lipinski definition) is 0. The van der Waals surface area contributed by atoms with Crippen molar-refractivity contribution >= 4 is 17.5 Å². The number of aromatic nitrogens is 2. The van der Waals surface area contributed by atoms with Gasteiger partial charge in [-0.05, 0) is 44.0 Å². The summed E-state index contributed by atoms with van der Waals surface area (Å²) in [5.74, 6) is 1.14. The van der Waals surface area contributed by atoms with Crippen molar-refractivity contribution in [2.24, 2.45) is 0 Å². The van der Waals surface area contributed by atoms with Gasteiger partial charge in [0.2, 0.25) is 5.89 Å². The first-order valence-electron chi connectivity index (χ1n) is 8.77. The summed E-state index contributed by atoms with van der Waals surface area (Å²) < 4.78 is 5.78. The third kappa shape index (κ3) is 3.73. The lowest BCUT2D eigenvalue weighted by Crippen LogP contribution is -2.10. The molecular formula is C21H20N2O2S. The van der Waals surface area contributed by atoms with Gasteiger partial charge >= 0.3 is 0 Å². The second kappa shape index (κ2) is 7.08. The Morgan fingerprint density at radius 3 is 2.23 bits per heavy atom. The van der Waals surface area contributed by atoms with Crippen molar-refractivity contribution in [3.8, 4) is 0 Å². The topological polar surface area (TPSA) is 56.0 Å². The zero-order valence-electron chi connectivity index (χ0n) is 14.8. The third-order valence-corrected chi connectivity index (χ3v) is 5.61. The second-order valence-corrected chi connectivity index (χ2v) is 7.88. The Morgan fingerprint density at radius 1 is 1.00 bits per heavy atom. The predicted octanol–water partition coefficient (Wildman–Crippen LogP) is 5.28. The van der Waals surface area contributed by atoms with E-state index in [1.807, 2.05) is 62.4 Å². The average molecular weight is 364 g/mol. The number of ketones is 1. The van der Waals surface area contributed by atoms with Gasteiger partial charge in [-0.2, -0.15) is 0 Å². The van der Waals surface area contributed by atoms with Gasteiger partial charge < -0.3 is 4.42 Å². The van der Waals surface area contributed by atoms with E-state index in [0.29, 0.717) is 22.6 Å². The Hall–Kier alpha value is -2.40. The number of rotatable bonds is 6. The molecule has 0 saturated heterocycles. The molecule has 5 heteroatoms. The maximum absolute atomic E-state index is 13.2. The highest BCUT2D eigenvalue weighted by Crippen LogP contribution is 2.42. The predicted molar refractivity (Wildman–Crippen MR) is 102 cm³/mol. The first-order valence-corrected chi connectivity index (χ1v) is 9.65. The SMILES string of the molecule is Cc1ccc(C(=O)C(Sc2nnc(C3CC3)o2)c2ccc(C)cc2)cc1. The van der Waals surface area contributed by atoms with Crippen molar-refractivity contribution in [3.05, 3.63) is 76.7 Å². The van der Waals surface area contributed by atoms with Gasteiger partial charge in [0.15, 0.2) is 5.78 Å². The van der Waals surface area contributed by atoms with Gasteiger partial charge in [-0.25, -0.2) is 0 Å². The van der Waals surface area contributed by atoms with E-state index >= 15 is 0 Å². The molecule has 132 valence electrons. The molecule has 1 aliphatic carbocycles. The van der Waals surface area contributed by atoms with Crippen molar-refractivity contribution in [3.63, 3.8) is 0 Å². The summed E-state index contributed by atoms with van der Waals surface area (Å²) in [5, 5.41) is 8.32. The Morgan fingerprint density at radius 2 is 1.62 bits per heavy atom. The van der Waals surface area contributed by atoms with Gasteiger partial charge in [-0.15, -0.1) is 10.2 Å². The van der Waals surface area contributed by atoms with E-state index in [1.165, 1.54) is 11.8 Å². The van der Waals surface area contributed by atoms with Crippen LogP contribution in [-0.2, 0) is 0 Å². The number of carbonyl (C=O) groups is 1. The second-order valence-electron chi connectivity index (χ2n) is 6.82. The summed E-state index contributed by atoms with van der Waals surface area (Å²) in [6, 6.07) is 15.7. The molecule has 0 N–H and O–H groups in total. The molecule has 0 radical (unpaired) electrons. The Bertz CT molecular complexity index is 912. The molecule has 4 nitrogen and oxygen atoms in total.